The lowest BCUT2D eigenvalue weighted by atomic mass is 9.97. The number of phenols is 1. The fraction of sp³-hybridized carbons (Fsp3) is 0.238. The first-order valence-electron chi connectivity index (χ1n) is 8.82. The quantitative estimate of drug-likeness (QED) is 0.720. The van der Waals surface area contributed by atoms with Crippen molar-refractivity contribution in [2.24, 2.45) is 0 Å². The topological polar surface area (TPSA) is 100 Å². The van der Waals surface area contributed by atoms with E-state index in [1.54, 1.807) is 24.3 Å². The molecule has 0 bridgehead atoms. The van der Waals surface area contributed by atoms with Crippen LogP contribution in [0.3, 0.4) is 0 Å². The van der Waals surface area contributed by atoms with Gasteiger partial charge in [-0.2, -0.15) is 0 Å². The minimum absolute atomic E-state index is 0.0214. The highest BCUT2D eigenvalue weighted by Crippen LogP contribution is 2.40. The van der Waals surface area contributed by atoms with Crippen LogP contribution in [0.25, 0.3) is 11.0 Å². The minimum Gasteiger partial charge on any atom is -0.504 e. The SMILES string of the molecule is COc1cc([C@H]2c3c(oc4ccc(C)cc4c3=O)C(=O)N2CCO)ccc1O. The highest BCUT2D eigenvalue weighted by Gasteiger charge is 2.42. The molecule has 0 radical (unpaired) electrons. The number of β-amino-alcohol motifs (C(OH)–C–C–N with tert-alkyl or cyclic N) is 1. The summed E-state index contributed by atoms with van der Waals surface area (Å²) in [5, 5.41) is 19.8. The van der Waals surface area contributed by atoms with Gasteiger partial charge in [-0.25, -0.2) is 0 Å². The van der Waals surface area contributed by atoms with Gasteiger partial charge in [0.1, 0.15) is 5.58 Å². The van der Waals surface area contributed by atoms with Crippen molar-refractivity contribution < 1.29 is 24.2 Å². The molecule has 1 aromatic heterocycles. The lowest BCUT2D eigenvalue weighted by molar-refractivity contribution is 0.0691. The molecule has 7 heteroatoms. The number of aryl methyl sites for hydroxylation is 1. The number of benzene rings is 2. The van der Waals surface area contributed by atoms with E-state index in [2.05, 4.69) is 0 Å². The average Bonchev–Trinajstić information content (AvgIpc) is 2.96. The summed E-state index contributed by atoms with van der Waals surface area (Å²) < 4.78 is 11.0. The van der Waals surface area contributed by atoms with Crippen molar-refractivity contribution in [3.8, 4) is 11.5 Å². The van der Waals surface area contributed by atoms with Crippen molar-refractivity contribution in [1.82, 2.24) is 4.90 Å². The van der Waals surface area contributed by atoms with Crippen molar-refractivity contribution in [2.45, 2.75) is 13.0 Å². The van der Waals surface area contributed by atoms with Gasteiger partial charge < -0.3 is 24.3 Å². The summed E-state index contributed by atoms with van der Waals surface area (Å²) in [6, 6.07) is 9.11. The third-order valence-electron chi connectivity index (χ3n) is 4.98. The fourth-order valence-corrected chi connectivity index (χ4v) is 3.68. The number of ether oxygens (including phenoxy) is 1. The second kappa shape index (κ2) is 6.69. The second-order valence-electron chi connectivity index (χ2n) is 6.73. The van der Waals surface area contributed by atoms with E-state index < -0.39 is 11.9 Å². The molecule has 2 aromatic carbocycles. The van der Waals surface area contributed by atoms with Crippen LogP contribution < -0.4 is 10.2 Å². The molecule has 1 aliphatic rings. The number of aliphatic hydroxyl groups excluding tert-OH is 1. The van der Waals surface area contributed by atoms with E-state index in [1.165, 1.54) is 18.1 Å². The van der Waals surface area contributed by atoms with Gasteiger partial charge >= 0.3 is 0 Å². The Morgan fingerprint density at radius 2 is 1.96 bits per heavy atom. The lowest BCUT2D eigenvalue weighted by Gasteiger charge is -2.24. The second-order valence-corrected chi connectivity index (χ2v) is 6.73. The van der Waals surface area contributed by atoms with Crippen LogP contribution in [0.4, 0.5) is 0 Å². The number of carbonyl (C=O) groups excluding carboxylic acids is 1. The Bertz CT molecular complexity index is 1150. The highest BCUT2D eigenvalue weighted by atomic mass is 16.5. The number of methoxy groups -OCH3 is 1. The lowest BCUT2D eigenvalue weighted by Crippen LogP contribution is -2.32. The summed E-state index contributed by atoms with van der Waals surface area (Å²) >= 11 is 0. The monoisotopic (exact) mass is 381 g/mol. The van der Waals surface area contributed by atoms with E-state index >= 15 is 0 Å². The third kappa shape index (κ3) is 2.63. The van der Waals surface area contributed by atoms with E-state index in [0.29, 0.717) is 16.5 Å². The van der Waals surface area contributed by atoms with E-state index in [1.807, 2.05) is 13.0 Å². The largest absolute Gasteiger partial charge is 0.504 e. The molecule has 0 saturated carbocycles. The number of hydrogen-bond donors (Lipinski definition) is 2. The zero-order valence-electron chi connectivity index (χ0n) is 15.4. The van der Waals surface area contributed by atoms with Gasteiger partial charge in [0.2, 0.25) is 5.76 Å². The van der Waals surface area contributed by atoms with Crippen LogP contribution in [0.2, 0.25) is 0 Å². The normalized spacial score (nSPS) is 15.9. The number of aliphatic hydroxyl groups is 1. The van der Waals surface area contributed by atoms with Crippen molar-refractivity contribution in [2.75, 3.05) is 20.3 Å². The van der Waals surface area contributed by atoms with Gasteiger partial charge in [0.15, 0.2) is 16.9 Å². The summed E-state index contributed by atoms with van der Waals surface area (Å²) in [7, 11) is 1.42. The van der Waals surface area contributed by atoms with Crippen molar-refractivity contribution in [3.63, 3.8) is 0 Å². The number of aromatic hydroxyl groups is 1. The predicted molar refractivity (Wildman–Crippen MR) is 102 cm³/mol. The van der Waals surface area contributed by atoms with Crippen molar-refractivity contribution in [3.05, 3.63) is 69.1 Å². The van der Waals surface area contributed by atoms with Crippen LogP contribution in [0.5, 0.6) is 11.5 Å². The van der Waals surface area contributed by atoms with Crippen molar-refractivity contribution in [1.29, 1.82) is 0 Å². The molecule has 144 valence electrons. The third-order valence-corrected chi connectivity index (χ3v) is 4.98. The van der Waals surface area contributed by atoms with Gasteiger partial charge in [0.05, 0.1) is 30.7 Å². The van der Waals surface area contributed by atoms with Crippen LogP contribution in [0, 0.1) is 6.92 Å². The fourth-order valence-electron chi connectivity index (χ4n) is 3.68. The standard InChI is InChI=1S/C21H19NO6/c1-11-3-6-15-13(9-11)19(25)17-18(12-4-5-14(24)16(10-12)27-2)22(7-8-23)21(26)20(17)28-15/h3-6,9-10,18,23-24H,7-8H2,1-2H3/t18-/m0/s1. The first kappa shape index (κ1) is 18.1. The summed E-state index contributed by atoms with van der Waals surface area (Å²) in [6.07, 6.45) is 0. The van der Waals surface area contributed by atoms with Gasteiger partial charge in [0, 0.05) is 6.54 Å². The maximum absolute atomic E-state index is 13.3. The maximum Gasteiger partial charge on any atom is 0.290 e. The molecule has 2 N–H and O–H groups in total. The smallest absolute Gasteiger partial charge is 0.290 e. The predicted octanol–water partition coefficient (Wildman–Crippen LogP) is 2.35. The number of carbonyl (C=O) groups is 1. The number of hydrogen-bond acceptors (Lipinski definition) is 6. The Labute approximate surface area is 160 Å². The first-order chi connectivity index (χ1) is 13.5. The van der Waals surface area contributed by atoms with Gasteiger partial charge in [0.25, 0.3) is 5.91 Å². The van der Waals surface area contributed by atoms with Crippen LogP contribution >= 0.6 is 0 Å². The molecule has 3 aromatic rings. The number of nitrogens with zero attached hydrogens (tertiary/aromatic N) is 1. The first-order valence-corrected chi connectivity index (χ1v) is 8.82. The summed E-state index contributed by atoms with van der Waals surface area (Å²) in [5.41, 5.74) is 1.76. The molecule has 28 heavy (non-hydrogen) atoms. The molecule has 1 aliphatic heterocycles. The maximum atomic E-state index is 13.3. The van der Waals surface area contributed by atoms with E-state index in [4.69, 9.17) is 9.15 Å². The van der Waals surface area contributed by atoms with Gasteiger partial charge in [-0.15, -0.1) is 0 Å². The van der Waals surface area contributed by atoms with Gasteiger partial charge in [-0.1, -0.05) is 17.7 Å². The summed E-state index contributed by atoms with van der Waals surface area (Å²) in [4.78, 5) is 27.6. The molecule has 4 rings (SSSR count). The Hall–Kier alpha value is -3.32. The van der Waals surface area contributed by atoms with Crippen molar-refractivity contribution >= 4 is 16.9 Å². The van der Waals surface area contributed by atoms with E-state index in [0.717, 1.165) is 5.56 Å². The minimum atomic E-state index is -0.745. The van der Waals surface area contributed by atoms with Crippen LogP contribution in [0.15, 0.2) is 45.6 Å². The van der Waals surface area contributed by atoms with Crippen LogP contribution in [0.1, 0.15) is 33.3 Å². The molecule has 2 heterocycles. The number of amides is 1. The molecule has 0 aliphatic carbocycles. The van der Waals surface area contributed by atoms with Gasteiger partial charge in [-0.05, 0) is 36.8 Å². The zero-order valence-corrected chi connectivity index (χ0v) is 15.4. The molecule has 7 nitrogen and oxygen atoms in total. The summed E-state index contributed by atoms with van der Waals surface area (Å²) in [5.74, 6) is -0.304. The van der Waals surface area contributed by atoms with Crippen LogP contribution in [-0.2, 0) is 0 Å². The molecule has 1 amide bonds. The molecule has 0 saturated heterocycles. The Morgan fingerprint density at radius 1 is 1.18 bits per heavy atom. The van der Waals surface area contributed by atoms with E-state index in [-0.39, 0.29) is 41.4 Å². The summed E-state index contributed by atoms with van der Waals surface area (Å²) in [6.45, 7) is 1.64. The molecule has 0 fully saturated rings. The molecular weight excluding hydrogens is 362 g/mol. The van der Waals surface area contributed by atoms with Crippen LogP contribution in [-0.4, -0.2) is 41.3 Å². The average molecular weight is 381 g/mol. The zero-order chi connectivity index (χ0) is 20.0. The number of rotatable bonds is 4. The molecule has 0 unspecified atom stereocenters. The Balaban J connectivity index is 2.01. The Kier molecular flexibility index (Phi) is 4.31. The molecule has 1 atom stereocenters. The molecular formula is C21H19NO6. The number of fused-ring (bicyclic) bond motifs is 2. The van der Waals surface area contributed by atoms with E-state index in [9.17, 15) is 19.8 Å². The number of phenolic OH excluding ortho intramolecular Hbond substituents is 1. The van der Waals surface area contributed by atoms with Gasteiger partial charge in [-0.3, -0.25) is 9.59 Å². The Morgan fingerprint density at radius 3 is 2.68 bits per heavy atom. The molecule has 0 spiro atoms. The highest BCUT2D eigenvalue weighted by molar-refractivity contribution is 5.99.